The van der Waals surface area contributed by atoms with Gasteiger partial charge in [-0.3, -0.25) is 9.59 Å². The van der Waals surface area contributed by atoms with Crippen LogP contribution in [0, 0.1) is 18.8 Å². The molecule has 3 rings (SSSR count). The monoisotopic (exact) mass is 415 g/mol. The Morgan fingerprint density at radius 1 is 1.26 bits per heavy atom. The zero-order chi connectivity index (χ0) is 19.7. The van der Waals surface area contributed by atoms with Crippen molar-refractivity contribution < 1.29 is 9.90 Å². The number of nitrogens with one attached hydrogen (secondary N) is 1. The third-order valence-electron chi connectivity index (χ3n) is 6.06. The lowest BCUT2D eigenvalue weighted by Crippen LogP contribution is -2.51. The molecule has 8 heteroatoms. The summed E-state index contributed by atoms with van der Waals surface area (Å²) >= 11 is 12.4. The molecule has 2 heterocycles. The van der Waals surface area contributed by atoms with Gasteiger partial charge in [0.25, 0.3) is 5.91 Å². The van der Waals surface area contributed by atoms with E-state index in [1.165, 1.54) is 6.07 Å². The van der Waals surface area contributed by atoms with E-state index < -0.39 is 6.10 Å². The zero-order valence-electron chi connectivity index (χ0n) is 15.4. The van der Waals surface area contributed by atoms with Crippen LogP contribution in [0.25, 0.3) is 0 Å². The van der Waals surface area contributed by atoms with Gasteiger partial charge in [-0.2, -0.15) is 0 Å². The first-order valence-electron chi connectivity index (χ1n) is 9.49. The van der Waals surface area contributed by atoms with Gasteiger partial charge in [-0.15, -0.1) is 23.2 Å². The fourth-order valence-electron chi connectivity index (χ4n) is 4.35. The Kier molecular flexibility index (Phi) is 6.51. The van der Waals surface area contributed by atoms with E-state index in [0.29, 0.717) is 37.2 Å². The van der Waals surface area contributed by atoms with Crippen LogP contribution in [0.3, 0.4) is 0 Å². The number of halogens is 2. The van der Waals surface area contributed by atoms with Gasteiger partial charge in [-0.1, -0.05) is 0 Å². The molecule has 5 atom stereocenters. The highest BCUT2D eigenvalue weighted by molar-refractivity contribution is 6.30. The summed E-state index contributed by atoms with van der Waals surface area (Å²) in [7, 11) is 0. The van der Waals surface area contributed by atoms with Crippen molar-refractivity contribution >= 4 is 29.1 Å². The average Bonchev–Trinajstić information content (AvgIpc) is 2.64. The van der Waals surface area contributed by atoms with Crippen molar-refractivity contribution in [2.75, 3.05) is 13.1 Å². The number of rotatable bonds is 3. The van der Waals surface area contributed by atoms with Crippen molar-refractivity contribution in [3.05, 3.63) is 33.7 Å². The van der Waals surface area contributed by atoms with Crippen molar-refractivity contribution in [2.45, 2.75) is 55.5 Å². The Hall–Kier alpha value is -1.08. The Morgan fingerprint density at radius 2 is 1.89 bits per heavy atom. The van der Waals surface area contributed by atoms with E-state index in [-0.39, 0.29) is 40.1 Å². The number of aromatic amines is 1. The fourth-order valence-corrected chi connectivity index (χ4v) is 4.94. The number of nitrogens with two attached hydrogens (primary N) is 1. The second kappa shape index (κ2) is 8.52. The minimum absolute atomic E-state index is 0.0591. The van der Waals surface area contributed by atoms with Gasteiger partial charge in [0.15, 0.2) is 0 Å². The van der Waals surface area contributed by atoms with Crippen LogP contribution in [0.15, 0.2) is 16.9 Å². The summed E-state index contributed by atoms with van der Waals surface area (Å²) in [6.07, 6.45) is 2.14. The summed E-state index contributed by atoms with van der Waals surface area (Å²) in [5.74, 6) is 0.108. The summed E-state index contributed by atoms with van der Waals surface area (Å²) in [6.45, 7) is 2.95. The molecule has 2 aliphatic rings. The Morgan fingerprint density at radius 3 is 2.52 bits per heavy atom. The zero-order valence-corrected chi connectivity index (χ0v) is 16.9. The number of aromatic nitrogens is 1. The van der Waals surface area contributed by atoms with E-state index in [4.69, 9.17) is 28.9 Å². The quantitative estimate of drug-likeness (QED) is 0.655. The summed E-state index contributed by atoms with van der Waals surface area (Å²) in [6, 6.07) is 2.80. The van der Waals surface area contributed by atoms with E-state index >= 15 is 0 Å². The number of aryl methyl sites for hydroxylation is 1. The number of alkyl halides is 2. The Balaban J connectivity index is 1.59. The maximum absolute atomic E-state index is 12.7. The van der Waals surface area contributed by atoms with E-state index in [0.717, 1.165) is 12.8 Å². The fraction of sp³-hybridized carbons (Fsp3) is 0.684. The molecular weight excluding hydrogens is 389 g/mol. The first-order valence-corrected chi connectivity index (χ1v) is 10.4. The predicted molar refractivity (Wildman–Crippen MR) is 106 cm³/mol. The van der Waals surface area contributed by atoms with Crippen LogP contribution in [0.1, 0.15) is 41.7 Å². The molecule has 1 amide bonds. The molecule has 27 heavy (non-hydrogen) atoms. The normalized spacial score (nSPS) is 30.9. The van der Waals surface area contributed by atoms with Gasteiger partial charge in [0.05, 0.1) is 22.4 Å². The molecule has 1 aliphatic heterocycles. The molecule has 6 nitrogen and oxygen atoms in total. The van der Waals surface area contributed by atoms with Crippen molar-refractivity contribution in [3.63, 3.8) is 0 Å². The lowest BCUT2D eigenvalue weighted by molar-refractivity contribution is 0.0338. The number of H-pyrrole nitrogens is 1. The van der Waals surface area contributed by atoms with Crippen molar-refractivity contribution in [1.29, 1.82) is 0 Å². The van der Waals surface area contributed by atoms with Crippen LogP contribution < -0.4 is 11.3 Å². The number of carbonyl (C=O) groups excluding carboxylic acids is 1. The highest BCUT2D eigenvalue weighted by Crippen LogP contribution is 2.37. The summed E-state index contributed by atoms with van der Waals surface area (Å²) in [4.78, 5) is 28.6. The third kappa shape index (κ3) is 4.50. The lowest BCUT2D eigenvalue weighted by Gasteiger charge is -2.42. The van der Waals surface area contributed by atoms with E-state index in [1.807, 2.05) is 0 Å². The number of carbonyl (C=O) groups is 1. The second-order valence-corrected chi connectivity index (χ2v) is 8.92. The number of likely N-dealkylation sites (tertiary alicyclic amines) is 1. The maximum atomic E-state index is 12.7. The number of aliphatic hydroxyl groups is 1. The Labute approximate surface area is 169 Å². The number of hydrogen-bond donors (Lipinski definition) is 3. The maximum Gasteiger partial charge on any atom is 0.255 e. The standard InChI is InChI=1S/C19H27Cl2N3O3/c1-10-12(2-3-17(26)23-10)19(27)24-6-4-11(5-7-24)18(22)13-8-14(20)15(21)9-16(13)25/h2-3,11,13-16,18,25H,4-9,22H2,1H3,(H,23,26)/t13?,14?,15?,16?,18-/m1/s1. The molecule has 1 saturated carbocycles. The summed E-state index contributed by atoms with van der Waals surface area (Å²) in [5.41, 5.74) is 7.39. The van der Waals surface area contributed by atoms with E-state index in [1.54, 1.807) is 17.9 Å². The van der Waals surface area contributed by atoms with Crippen LogP contribution in [-0.4, -0.2) is 56.9 Å². The second-order valence-electron chi connectivity index (χ2n) is 7.80. The van der Waals surface area contributed by atoms with Crippen molar-refractivity contribution in [1.82, 2.24) is 9.88 Å². The van der Waals surface area contributed by atoms with Gasteiger partial charge >= 0.3 is 0 Å². The number of amides is 1. The first kappa shape index (κ1) is 20.6. The molecule has 0 radical (unpaired) electrons. The van der Waals surface area contributed by atoms with Gasteiger partial charge in [-0.25, -0.2) is 0 Å². The van der Waals surface area contributed by atoms with Crippen LogP contribution in [0.5, 0.6) is 0 Å². The summed E-state index contributed by atoms with van der Waals surface area (Å²) < 4.78 is 0. The molecular formula is C19H27Cl2N3O3. The molecule has 2 fully saturated rings. The van der Waals surface area contributed by atoms with Gasteiger partial charge in [0, 0.05) is 36.8 Å². The summed E-state index contributed by atoms with van der Waals surface area (Å²) in [5, 5.41) is 10.00. The largest absolute Gasteiger partial charge is 0.393 e. The van der Waals surface area contributed by atoms with Crippen LogP contribution in [-0.2, 0) is 0 Å². The van der Waals surface area contributed by atoms with Gasteiger partial charge < -0.3 is 20.7 Å². The lowest BCUT2D eigenvalue weighted by atomic mass is 9.74. The smallest absolute Gasteiger partial charge is 0.255 e. The average molecular weight is 416 g/mol. The topological polar surface area (TPSA) is 99.4 Å². The van der Waals surface area contributed by atoms with Crippen LogP contribution in [0.2, 0.25) is 0 Å². The number of hydrogen-bond acceptors (Lipinski definition) is 4. The van der Waals surface area contributed by atoms with Crippen molar-refractivity contribution in [3.8, 4) is 0 Å². The number of pyridine rings is 1. The van der Waals surface area contributed by atoms with Crippen LogP contribution >= 0.6 is 23.2 Å². The van der Waals surface area contributed by atoms with Gasteiger partial charge in [0.2, 0.25) is 5.56 Å². The minimum Gasteiger partial charge on any atom is -0.393 e. The van der Waals surface area contributed by atoms with Crippen LogP contribution in [0.4, 0.5) is 0 Å². The Bertz CT molecular complexity index is 733. The molecule has 4 unspecified atom stereocenters. The predicted octanol–water partition coefficient (Wildman–Crippen LogP) is 1.85. The SMILES string of the molecule is Cc1[nH]c(=O)ccc1C(=O)N1CCC([C@@H](N)C2CC(Cl)C(Cl)CC2O)CC1. The van der Waals surface area contributed by atoms with E-state index in [9.17, 15) is 14.7 Å². The molecule has 150 valence electrons. The van der Waals surface area contributed by atoms with Crippen molar-refractivity contribution in [2.24, 2.45) is 17.6 Å². The first-order chi connectivity index (χ1) is 12.8. The molecule has 0 aromatic carbocycles. The molecule has 1 aromatic heterocycles. The third-order valence-corrected chi connectivity index (χ3v) is 7.16. The highest BCUT2D eigenvalue weighted by Gasteiger charge is 2.40. The number of aliphatic hydroxyl groups excluding tert-OH is 1. The number of piperidine rings is 1. The molecule has 0 bridgehead atoms. The van der Waals surface area contributed by atoms with Gasteiger partial charge in [-0.05, 0) is 44.6 Å². The molecule has 0 spiro atoms. The van der Waals surface area contributed by atoms with E-state index in [2.05, 4.69) is 4.98 Å². The minimum atomic E-state index is -0.527. The molecule has 1 aliphatic carbocycles. The van der Waals surface area contributed by atoms with Gasteiger partial charge in [0.1, 0.15) is 0 Å². The molecule has 4 N–H and O–H groups in total. The highest BCUT2D eigenvalue weighted by atomic mass is 35.5. The molecule has 1 saturated heterocycles. The molecule has 1 aromatic rings. The number of nitrogens with zero attached hydrogens (tertiary/aromatic N) is 1.